The first-order valence-corrected chi connectivity index (χ1v) is 7.51. The minimum atomic E-state index is -4.14. The number of sulfonamides is 1. The Morgan fingerprint density at radius 1 is 1.43 bits per heavy atom. The van der Waals surface area contributed by atoms with Crippen LogP contribution in [0.4, 0.5) is 14.5 Å². The maximum atomic E-state index is 13.8. The third kappa shape index (κ3) is 3.37. The summed E-state index contributed by atoms with van der Waals surface area (Å²) in [5, 5.41) is 0. The largest absolute Gasteiger partial charge is 0.394 e. The molecule has 0 spiro atoms. The number of halogens is 2. The first-order chi connectivity index (χ1) is 9.81. The second-order valence-electron chi connectivity index (χ2n) is 4.55. The molecule has 6 nitrogen and oxygen atoms in total. The molecule has 1 aromatic heterocycles. The molecular formula is C12H14F2N4O2S. The van der Waals surface area contributed by atoms with Crippen molar-refractivity contribution in [2.75, 3.05) is 5.73 Å². The predicted molar refractivity (Wildman–Crippen MR) is 72.8 cm³/mol. The van der Waals surface area contributed by atoms with Crippen LogP contribution < -0.4 is 10.5 Å². The van der Waals surface area contributed by atoms with E-state index < -0.39 is 38.3 Å². The molecule has 1 heterocycles. The Bertz CT molecular complexity index is 732. The molecule has 0 saturated carbocycles. The lowest BCUT2D eigenvalue weighted by molar-refractivity contribution is 0.511. The number of imidazole rings is 1. The molecule has 0 saturated heterocycles. The highest BCUT2D eigenvalue weighted by Gasteiger charge is 2.24. The van der Waals surface area contributed by atoms with Gasteiger partial charge in [0.2, 0.25) is 10.0 Å². The molecule has 0 bridgehead atoms. The van der Waals surface area contributed by atoms with Crippen molar-refractivity contribution in [2.45, 2.75) is 24.4 Å². The Labute approximate surface area is 120 Å². The number of nitrogens with two attached hydrogens (primary N) is 1. The zero-order valence-electron chi connectivity index (χ0n) is 11.1. The summed E-state index contributed by atoms with van der Waals surface area (Å²) in [6.45, 7) is 1.93. The van der Waals surface area contributed by atoms with Crippen LogP contribution in [-0.4, -0.2) is 24.0 Å². The van der Waals surface area contributed by atoms with E-state index in [1.54, 1.807) is 23.9 Å². The van der Waals surface area contributed by atoms with Crippen LogP contribution in [0.2, 0.25) is 0 Å². The van der Waals surface area contributed by atoms with E-state index >= 15 is 0 Å². The third-order valence-electron chi connectivity index (χ3n) is 2.78. The Balaban J connectivity index is 2.20. The first kappa shape index (κ1) is 15.4. The van der Waals surface area contributed by atoms with Crippen molar-refractivity contribution in [2.24, 2.45) is 0 Å². The fourth-order valence-corrected chi connectivity index (χ4v) is 3.16. The highest BCUT2D eigenvalue weighted by atomic mass is 32.2. The minimum absolute atomic E-state index is 0.317. The van der Waals surface area contributed by atoms with Crippen LogP contribution in [0.1, 0.15) is 6.92 Å². The van der Waals surface area contributed by atoms with E-state index in [1.165, 1.54) is 6.33 Å². The highest BCUT2D eigenvalue weighted by molar-refractivity contribution is 7.89. The third-order valence-corrected chi connectivity index (χ3v) is 4.39. The monoisotopic (exact) mass is 316 g/mol. The molecule has 114 valence electrons. The molecule has 0 fully saturated rings. The van der Waals surface area contributed by atoms with E-state index in [-0.39, 0.29) is 0 Å². The second kappa shape index (κ2) is 5.78. The van der Waals surface area contributed by atoms with Crippen molar-refractivity contribution in [3.8, 4) is 0 Å². The Hall–Kier alpha value is -2.00. The van der Waals surface area contributed by atoms with E-state index in [9.17, 15) is 17.2 Å². The van der Waals surface area contributed by atoms with E-state index in [4.69, 9.17) is 5.73 Å². The normalized spacial score (nSPS) is 13.3. The highest BCUT2D eigenvalue weighted by Crippen LogP contribution is 2.22. The zero-order valence-corrected chi connectivity index (χ0v) is 11.9. The lowest BCUT2D eigenvalue weighted by Gasteiger charge is -2.15. The number of anilines is 1. The van der Waals surface area contributed by atoms with Gasteiger partial charge in [0.1, 0.15) is 16.4 Å². The summed E-state index contributed by atoms with van der Waals surface area (Å²) < 4.78 is 55.0. The summed E-state index contributed by atoms with van der Waals surface area (Å²) in [5.41, 5.74) is 4.35. The average Bonchev–Trinajstić information content (AvgIpc) is 2.87. The summed E-state index contributed by atoms with van der Waals surface area (Å²) in [4.78, 5) is 3.15. The molecule has 0 aliphatic carbocycles. The molecule has 21 heavy (non-hydrogen) atoms. The Morgan fingerprint density at radius 2 is 2.14 bits per heavy atom. The van der Waals surface area contributed by atoms with Gasteiger partial charge in [0, 0.05) is 25.0 Å². The second-order valence-corrected chi connectivity index (χ2v) is 6.24. The van der Waals surface area contributed by atoms with E-state index in [0.717, 1.165) is 12.1 Å². The number of nitrogens with one attached hydrogen (secondary N) is 1. The van der Waals surface area contributed by atoms with Gasteiger partial charge in [0.05, 0.1) is 6.33 Å². The predicted octanol–water partition coefficient (Wildman–Crippen LogP) is 1.11. The van der Waals surface area contributed by atoms with E-state index in [1.807, 2.05) is 0 Å². The van der Waals surface area contributed by atoms with Crippen LogP contribution in [0.5, 0.6) is 0 Å². The van der Waals surface area contributed by atoms with Gasteiger partial charge in [-0.2, -0.15) is 0 Å². The molecule has 0 radical (unpaired) electrons. The van der Waals surface area contributed by atoms with Crippen molar-refractivity contribution >= 4 is 15.7 Å². The summed E-state index contributed by atoms with van der Waals surface area (Å²) in [5.74, 6) is -2.30. The number of hydrogen-bond donors (Lipinski definition) is 2. The molecule has 1 aromatic carbocycles. The van der Waals surface area contributed by atoms with Gasteiger partial charge in [0.15, 0.2) is 5.82 Å². The van der Waals surface area contributed by atoms with E-state index in [0.29, 0.717) is 6.54 Å². The number of nitrogens with zero attached hydrogens (tertiary/aromatic N) is 2. The Kier molecular flexibility index (Phi) is 4.24. The fourth-order valence-electron chi connectivity index (χ4n) is 1.83. The van der Waals surface area contributed by atoms with Crippen LogP contribution in [-0.2, 0) is 16.6 Å². The molecule has 0 amide bonds. The van der Waals surface area contributed by atoms with Gasteiger partial charge >= 0.3 is 0 Å². The summed E-state index contributed by atoms with van der Waals surface area (Å²) >= 11 is 0. The maximum Gasteiger partial charge on any atom is 0.243 e. The van der Waals surface area contributed by atoms with Gasteiger partial charge in [0.25, 0.3) is 0 Å². The van der Waals surface area contributed by atoms with Crippen molar-refractivity contribution in [3.05, 3.63) is 42.5 Å². The van der Waals surface area contributed by atoms with Crippen LogP contribution >= 0.6 is 0 Å². The number of aromatic nitrogens is 2. The van der Waals surface area contributed by atoms with Crippen LogP contribution in [0, 0.1) is 11.6 Å². The molecule has 1 atom stereocenters. The van der Waals surface area contributed by atoms with E-state index in [2.05, 4.69) is 9.71 Å². The van der Waals surface area contributed by atoms with Gasteiger partial charge in [-0.25, -0.2) is 26.9 Å². The summed E-state index contributed by atoms with van der Waals surface area (Å²) in [6.07, 6.45) is 4.75. The lowest BCUT2D eigenvalue weighted by Crippen LogP contribution is -2.36. The van der Waals surface area contributed by atoms with Gasteiger partial charge in [-0.15, -0.1) is 0 Å². The average molecular weight is 316 g/mol. The minimum Gasteiger partial charge on any atom is -0.394 e. The Morgan fingerprint density at radius 3 is 2.76 bits per heavy atom. The number of rotatable bonds is 5. The van der Waals surface area contributed by atoms with Crippen molar-refractivity contribution < 1.29 is 17.2 Å². The summed E-state index contributed by atoms with van der Waals surface area (Å²) in [7, 11) is -4.14. The molecule has 3 N–H and O–H groups in total. The van der Waals surface area contributed by atoms with Gasteiger partial charge < -0.3 is 10.3 Å². The molecule has 0 aliphatic heterocycles. The molecule has 9 heteroatoms. The standard InChI is InChI=1S/C12H14F2N4O2S/c1-8(6-18-5-4-16-7-18)17-21(19,20)10-3-2-9(13)12(15)11(10)14/h2-5,7-8,17H,6,15H2,1H3. The SMILES string of the molecule is CC(Cn1ccnc1)NS(=O)(=O)c1ccc(F)c(N)c1F. The van der Waals surface area contributed by atoms with Gasteiger partial charge in [-0.05, 0) is 19.1 Å². The zero-order chi connectivity index (χ0) is 15.6. The number of benzene rings is 1. The molecule has 2 aromatic rings. The summed E-state index contributed by atoms with van der Waals surface area (Å²) in [6, 6.07) is 1.13. The van der Waals surface area contributed by atoms with Crippen LogP contribution in [0.15, 0.2) is 35.7 Å². The topological polar surface area (TPSA) is 90.0 Å². The van der Waals surface area contributed by atoms with Crippen molar-refractivity contribution in [1.82, 2.24) is 14.3 Å². The first-order valence-electron chi connectivity index (χ1n) is 6.03. The molecule has 0 aliphatic rings. The lowest BCUT2D eigenvalue weighted by atomic mass is 10.3. The fraction of sp³-hybridized carbons (Fsp3) is 0.250. The number of nitrogen functional groups attached to an aromatic ring is 1. The van der Waals surface area contributed by atoms with Crippen molar-refractivity contribution in [3.63, 3.8) is 0 Å². The van der Waals surface area contributed by atoms with Crippen LogP contribution in [0.25, 0.3) is 0 Å². The number of hydrogen-bond acceptors (Lipinski definition) is 4. The molecule has 1 unspecified atom stereocenters. The maximum absolute atomic E-state index is 13.8. The van der Waals surface area contributed by atoms with Gasteiger partial charge in [-0.3, -0.25) is 0 Å². The van der Waals surface area contributed by atoms with Gasteiger partial charge in [-0.1, -0.05) is 0 Å². The van der Waals surface area contributed by atoms with Crippen molar-refractivity contribution in [1.29, 1.82) is 0 Å². The smallest absolute Gasteiger partial charge is 0.243 e. The van der Waals surface area contributed by atoms with Crippen LogP contribution in [0.3, 0.4) is 0 Å². The quantitative estimate of drug-likeness (QED) is 0.809. The molecule has 2 rings (SSSR count). The molecular weight excluding hydrogens is 302 g/mol.